The fraction of sp³-hybridized carbons (Fsp3) is 0.909. The van der Waals surface area contributed by atoms with E-state index in [1.807, 2.05) is 0 Å². The van der Waals surface area contributed by atoms with Crippen LogP contribution >= 0.6 is 12.4 Å². The van der Waals surface area contributed by atoms with Gasteiger partial charge in [-0.15, -0.1) is 12.4 Å². The first-order valence-electron chi connectivity index (χ1n) is 5.99. The lowest BCUT2D eigenvalue weighted by atomic mass is 9.95. The molecule has 0 bridgehead atoms. The molecule has 0 spiro atoms. The molecule has 16 heavy (non-hydrogen) atoms. The van der Waals surface area contributed by atoms with E-state index in [4.69, 9.17) is 4.74 Å². The summed E-state index contributed by atoms with van der Waals surface area (Å²) in [5.74, 6) is 0.0640. The first-order valence-corrected chi connectivity index (χ1v) is 5.99. The Morgan fingerprint density at radius 3 is 2.62 bits per heavy atom. The van der Waals surface area contributed by atoms with Gasteiger partial charge in [0.05, 0.1) is 6.61 Å². The first-order chi connectivity index (χ1) is 7.36. The van der Waals surface area contributed by atoms with Gasteiger partial charge in [-0.2, -0.15) is 0 Å². The molecular formula is C11H21ClN2O2. The third kappa shape index (κ3) is 3.92. The van der Waals surface area contributed by atoms with Crippen LogP contribution in [0.3, 0.4) is 0 Å². The minimum absolute atomic E-state index is 0. The van der Waals surface area contributed by atoms with Gasteiger partial charge < -0.3 is 15.4 Å². The van der Waals surface area contributed by atoms with Crippen molar-refractivity contribution in [3.05, 3.63) is 0 Å². The van der Waals surface area contributed by atoms with Crippen LogP contribution in [0.5, 0.6) is 0 Å². The molecule has 1 atom stereocenters. The van der Waals surface area contributed by atoms with E-state index in [9.17, 15) is 4.79 Å². The lowest BCUT2D eigenvalue weighted by molar-refractivity contribution is -0.135. The van der Waals surface area contributed by atoms with Crippen molar-refractivity contribution in [2.45, 2.75) is 44.2 Å². The lowest BCUT2D eigenvalue weighted by Crippen LogP contribution is -2.50. The Labute approximate surface area is 103 Å². The third-order valence-electron chi connectivity index (χ3n) is 3.17. The molecule has 1 aliphatic carbocycles. The number of amides is 1. The Kier molecular flexibility index (Phi) is 6.09. The van der Waals surface area contributed by atoms with Gasteiger partial charge in [0.1, 0.15) is 6.10 Å². The number of carbonyl (C=O) groups excluding carboxylic acids is 1. The summed E-state index contributed by atoms with van der Waals surface area (Å²) in [6.45, 7) is 2.15. The molecule has 1 saturated carbocycles. The van der Waals surface area contributed by atoms with Gasteiger partial charge in [-0.05, 0) is 12.8 Å². The Bertz CT molecular complexity index is 214. The van der Waals surface area contributed by atoms with Gasteiger partial charge in [0, 0.05) is 19.1 Å². The molecule has 2 N–H and O–H groups in total. The molecule has 4 nitrogen and oxygen atoms in total. The van der Waals surface area contributed by atoms with Gasteiger partial charge in [0.25, 0.3) is 5.91 Å². The summed E-state index contributed by atoms with van der Waals surface area (Å²) in [4.78, 5) is 11.8. The smallest absolute Gasteiger partial charge is 0.250 e. The van der Waals surface area contributed by atoms with Gasteiger partial charge in [-0.25, -0.2) is 0 Å². The van der Waals surface area contributed by atoms with Crippen molar-refractivity contribution in [1.29, 1.82) is 0 Å². The molecular weight excluding hydrogens is 228 g/mol. The monoisotopic (exact) mass is 248 g/mol. The van der Waals surface area contributed by atoms with Gasteiger partial charge in [-0.3, -0.25) is 4.79 Å². The van der Waals surface area contributed by atoms with Crippen LogP contribution in [-0.4, -0.2) is 37.7 Å². The Hall–Kier alpha value is -0.320. The second kappa shape index (κ2) is 7.09. The highest BCUT2D eigenvalue weighted by Crippen LogP contribution is 2.17. The van der Waals surface area contributed by atoms with Crippen molar-refractivity contribution >= 4 is 18.3 Å². The molecule has 2 rings (SSSR count). The van der Waals surface area contributed by atoms with Crippen LogP contribution in [0.4, 0.5) is 0 Å². The number of nitrogens with one attached hydrogen (secondary N) is 2. The SMILES string of the molecule is Cl.O=C(NC1CCCCC1)[C@H]1CNCCO1. The predicted molar refractivity (Wildman–Crippen MR) is 64.9 cm³/mol. The molecule has 2 aliphatic rings. The number of ether oxygens (including phenoxy) is 1. The molecule has 5 heteroatoms. The zero-order valence-electron chi connectivity index (χ0n) is 9.54. The highest BCUT2D eigenvalue weighted by molar-refractivity contribution is 5.85. The van der Waals surface area contributed by atoms with E-state index in [1.165, 1.54) is 19.3 Å². The minimum atomic E-state index is -0.277. The molecule has 1 saturated heterocycles. The van der Waals surface area contributed by atoms with Crippen LogP contribution in [0.1, 0.15) is 32.1 Å². The number of carbonyl (C=O) groups is 1. The van der Waals surface area contributed by atoms with Crippen LogP contribution in [-0.2, 0) is 9.53 Å². The Balaban J connectivity index is 0.00000128. The van der Waals surface area contributed by atoms with Crippen LogP contribution in [0.25, 0.3) is 0 Å². The van der Waals surface area contributed by atoms with Gasteiger partial charge >= 0.3 is 0 Å². The fourth-order valence-electron chi connectivity index (χ4n) is 2.27. The Morgan fingerprint density at radius 2 is 2.00 bits per heavy atom. The normalized spacial score (nSPS) is 26.9. The molecule has 94 valence electrons. The maximum atomic E-state index is 11.8. The van der Waals surface area contributed by atoms with Crippen molar-refractivity contribution in [2.75, 3.05) is 19.7 Å². The molecule has 0 aromatic rings. The molecule has 2 fully saturated rings. The van der Waals surface area contributed by atoms with Gasteiger partial charge in [-0.1, -0.05) is 19.3 Å². The summed E-state index contributed by atoms with van der Waals surface area (Å²) in [6.07, 6.45) is 5.79. The van der Waals surface area contributed by atoms with E-state index in [0.717, 1.165) is 19.4 Å². The lowest BCUT2D eigenvalue weighted by Gasteiger charge is -2.27. The summed E-state index contributed by atoms with van der Waals surface area (Å²) in [5, 5.41) is 6.25. The molecule has 1 heterocycles. The summed E-state index contributed by atoms with van der Waals surface area (Å²) in [6, 6.07) is 0.386. The zero-order valence-corrected chi connectivity index (χ0v) is 10.4. The summed E-state index contributed by atoms with van der Waals surface area (Å²) in [5.41, 5.74) is 0. The van der Waals surface area contributed by atoms with E-state index in [2.05, 4.69) is 10.6 Å². The molecule has 0 unspecified atom stereocenters. The number of hydrogen-bond donors (Lipinski definition) is 2. The second-order valence-electron chi connectivity index (χ2n) is 4.41. The largest absolute Gasteiger partial charge is 0.366 e. The predicted octanol–water partition coefficient (Wildman–Crippen LogP) is 0.845. The third-order valence-corrected chi connectivity index (χ3v) is 3.17. The molecule has 1 aliphatic heterocycles. The highest BCUT2D eigenvalue weighted by Gasteiger charge is 2.24. The van der Waals surface area contributed by atoms with Crippen molar-refractivity contribution in [2.24, 2.45) is 0 Å². The molecule has 1 amide bonds. The van der Waals surface area contributed by atoms with E-state index in [-0.39, 0.29) is 24.4 Å². The van der Waals surface area contributed by atoms with E-state index >= 15 is 0 Å². The number of hydrogen-bond acceptors (Lipinski definition) is 3. The molecule has 0 aromatic carbocycles. The van der Waals surface area contributed by atoms with Crippen LogP contribution in [0.2, 0.25) is 0 Å². The molecule has 0 radical (unpaired) electrons. The minimum Gasteiger partial charge on any atom is -0.366 e. The highest BCUT2D eigenvalue weighted by atomic mass is 35.5. The van der Waals surface area contributed by atoms with E-state index in [1.54, 1.807) is 0 Å². The Morgan fingerprint density at radius 1 is 1.25 bits per heavy atom. The molecule has 0 aromatic heterocycles. The van der Waals surface area contributed by atoms with Gasteiger partial charge in [0.15, 0.2) is 0 Å². The fourth-order valence-corrected chi connectivity index (χ4v) is 2.27. The van der Waals surface area contributed by atoms with Crippen LogP contribution < -0.4 is 10.6 Å². The number of morpholine rings is 1. The first kappa shape index (κ1) is 13.7. The van der Waals surface area contributed by atoms with Crippen molar-refractivity contribution < 1.29 is 9.53 Å². The van der Waals surface area contributed by atoms with Crippen molar-refractivity contribution in [3.8, 4) is 0 Å². The summed E-state index contributed by atoms with van der Waals surface area (Å²) in [7, 11) is 0. The average Bonchev–Trinajstić information content (AvgIpc) is 2.31. The van der Waals surface area contributed by atoms with Crippen molar-refractivity contribution in [1.82, 2.24) is 10.6 Å². The van der Waals surface area contributed by atoms with Crippen molar-refractivity contribution in [3.63, 3.8) is 0 Å². The quantitative estimate of drug-likeness (QED) is 0.762. The maximum Gasteiger partial charge on any atom is 0.250 e. The van der Waals surface area contributed by atoms with Crippen LogP contribution in [0, 0.1) is 0 Å². The van der Waals surface area contributed by atoms with E-state index in [0.29, 0.717) is 19.2 Å². The summed E-state index contributed by atoms with van der Waals surface area (Å²) < 4.78 is 5.41. The maximum absolute atomic E-state index is 11.8. The van der Waals surface area contributed by atoms with Gasteiger partial charge in [0.2, 0.25) is 0 Å². The standard InChI is InChI=1S/C11H20N2O2.ClH/c14-11(10-8-12-6-7-15-10)13-9-4-2-1-3-5-9;/h9-10,12H,1-8H2,(H,13,14);1H/t10-;/m1./s1. The van der Waals surface area contributed by atoms with Crippen LogP contribution in [0.15, 0.2) is 0 Å². The number of halogens is 1. The average molecular weight is 249 g/mol. The van der Waals surface area contributed by atoms with E-state index < -0.39 is 0 Å². The topological polar surface area (TPSA) is 50.4 Å². The second-order valence-corrected chi connectivity index (χ2v) is 4.41. The number of rotatable bonds is 2. The zero-order chi connectivity index (χ0) is 10.5. The summed E-state index contributed by atoms with van der Waals surface area (Å²) >= 11 is 0.